The molecular weight excluding hydrogens is 414 g/mol. The predicted molar refractivity (Wildman–Crippen MR) is 106 cm³/mol. The second-order valence-corrected chi connectivity index (χ2v) is 7.18. The summed E-state index contributed by atoms with van der Waals surface area (Å²) in [4.78, 5) is 37.1. The molecule has 0 aliphatic heterocycles. The molecule has 7 nitrogen and oxygen atoms in total. The van der Waals surface area contributed by atoms with E-state index in [0.29, 0.717) is 17.1 Å². The lowest BCUT2D eigenvalue weighted by Gasteiger charge is -2.05. The van der Waals surface area contributed by atoms with Crippen LogP contribution < -0.4 is 4.80 Å². The van der Waals surface area contributed by atoms with Crippen molar-refractivity contribution in [1.29, 1.82) is 0 Å². The normalized spacial score (nSPS) is 11.9. The molecule has 0 fully saturated rings. The van der Waals surface area contributed by atoms with E-state index in [1.807, 2.05) is 0 Å². The first kappa shape index (κ1) is 19.8. The Morgan fingerprint density at radius 3 is 2.73 bits per heavy atom. The Morgan fingerprint density at radius 2 is 1.97 bits per heavy atom. The molecule has 4 rings (SSSR count). The summed E-state index contributed by atoms with van der Waals surface area (Å²) in [5.41, 5.74) is 1.08. The van der Waals surface area contributed by atoms with Gasteiger partial charge < -0.3 is 9.30 Å². The van der Waals surface area contributed by atoms with Crippen LogP contribution in [-0.2, 0) is 16.1 Å². The molecule has 2 heterocycles. The summed E-state index contributed by atoms with van der Waals surface area (Å²) in [6, 6.07) is 8.84. The van der Waals surface area contributed by atoms with Gasteiger partial charge in [-0.2, -0.15) is 4.99 Å². The lowest BCUT2D eigenvalue weighted by atomic mass is 10.3. The smallest absolute Gasteiger partial charge is 0.326 e. The maximum absolute atomic E-state index is 14.4. The molecule has 0 aliphatic carbocycles. The molecular formula is C20H14F2N4O3S. The minimum atomic E-state index is -0.870. The molecule has 2 aromatic carbocycles. The Labute approximate surface area is 172 Å². The van der Waals surface area contributed by atoms with Gasteiger partial charge in [0, 0.05) is 6.07 Å². The van der Waals surface area contributed by atoms with E-state index in [-0.39, 0.29) is 33.9 Å². The molecule has 0 N–H and O–H groups in total. The minimum absolute atomic E-state index is 0.0134. The number of para-hydroxylation sites is 2. The van der Waals surface area contributed by atoms with Crippen LogP contribution in [0.2, 0.25) is 0 Å². The van der Waals surface area contributed by atoms with E-state index < -0.39 is 23.5 Å². The third-order valence-corrected chi connectivity index (χ3v) is 5.18. The van der Waals surface area contributed by atoms with Gasteiger partial charge in [0.2, 0.25) is 0 Å². The summed E-state index contributed by atoms with van der Waals surface area (Å²) in [5, 5.41) is 0. The Bertz CT molecular complexity index is 1360. The number of hydrogen-bond acceptors (Lipinski definition) is 6. The molecule has 0 radical (unpaired) electrons. The monoisotopic (exact) mass is 428 g/mol. The molecule has 152 valence electrons. The Hall–Kier alpha value is -3.53. The number of thiazole rings is 1. The number of carbonyl (C=O) groups is 2. The van der Waals surface area contributed by atoms with Gasteiger partial charge in [0.15, 0.2) is 10.6 Å². The number of hydrogen-bond donors (Lipinski definition) is 0. The first-order valence-corrected chi connectivity index (χ1v) is 9.72. The van der Waals surface area contributed by atoms with Gasteiger partial charge in [-0.3, -0.25) is 14.6 Å². The largest absolute Gasteiger partial charge is 0.465 e. The minimum Gasteiger partial charge on any atom is -0.465 e. The molecule has 0 saturated heterocycles. The molecule has 0 unspecified atom stereocenters. The average Bonchev–Trinajstić information content (AvgIpc) is 3.04. The summed E-state index contributed by atoms with van der Waals surface area (Å²) in [6.45, 7) is 1.39. The zero-order chi connectivity index (χ0) is 21.3. The van der Waals surface area contributed by atoms with Crippen LogP contribution in [0.3, 0.4) is 0 Å². The summed E-state index contributed by atoms with van der Waals surface area (Å²) in [6.07, 6.45) is 1.29. The van der Waals surface area contributed by atoms with Crippen LogP contribution in [0.25, 0.3) is 21.3 Å². The Balaban J connectivity index is 1.85. The fourth-order valence-corrected chi connectivity index (χ4v) is 3.97. The van der Waals surface area contributed by atoms with Crippen molar-refractivity contribution in [2.24, 2.45) is 4.99 Å². The van der Waals surface area contributed by atoms with E-state index in [9.17, 15) is 18.4 Å². The van der Waals surface area contributed by atoms with Crippen LogP contribution in [0, 0.1) is 11.6 Å². The van der Waals surface area contributed by atoms with Crippen molar-refractivity contribution in [2.75, 3.05) is 6.61 Å². The topological polar surface area (TPSA) is 86.4 Å². The number of aromatic nitrogens is 3. The highest BCUT2D eigenvalue weighted by Crippen LogP contribution is 2.22. The molecule has 0 spiro atoms. The average molecular weight is 428 g/mol. The number of fused-ring (bicyclic) bond motifs is 2. The molecule has 0 aliphatic rings. The zero-order valence-corrected chi connectivity index (χ0v) is 16.4. The fourth-order valence-electron chi connectivity index (χ4n) is 2.90. The van der Waals surface area contributed by atoms with Gasteiger partial charge in [-0.15, -0.1) is 0 Å². The summed E-state index contributed by atoms with van der Waals surface area (Å²) < 4.78 is 34.4. The summed E-state index contributed by atoms with van der Waals surface area (Å²) >= 11 is 0.878. The van der Waals surface area contributed by atoms with Crippen LogP contribution in [-0.4, -0.2) is 33.0 Å². The van der Waals surface area contributed by atoms with E-state index in [1.165, 1.54) is 10.8 Å². The maximum Gasteiger partial charge on any atom is 0.326 e. The molecule has 2 aromatic heterocycles. The van der Waals surface area contributed by atoms with Gasteiger partial charge in [-0.25, -0.2) is 13.8 Å². The number of halogens is 2. The standard InChI is InChI=1S/C20H14F2N4O3S/c1-2-29-17(27)10-26-18-12(22)7-11(21)8-16(18)30-20(26)25-19(28)15-9-23-13-5-3-4-6-14(13)24-15/h3-9H,2,10H2,1H3. The van der Waals surface area contributed by atoms with Crippen LogP contribution >= 0.6 is 11.3 Å². The summed E-state index contributed by atoms with van der Waals surface area (Å²) in [7, 11) is 0. The predicted octanol–water partition coefficient (Wildman–Crippen LogP) is 3.23. The maximum atomic E-state index is 14.4. The van der Waals surface area contributed by atoms with Crippen LogP contribution in [0.15, 0.2) is 47.6 Å². The van der Waals surface area contributed by atoms with Crippen molar-refractivity contribution in [1.82, 2.24) is 14.5 Å². The van der Waals surface area contributed by atoms with Crippen molar-refractivity contribution < 1.29 is 23.1 Å². The fraction of sp³-hybridized carbons (Fsp3) is 0.150. The number of carbonyl (C=O) groups excluding carboxylic acids is 2. The number of esters is 1. The van der Waals surface area contributed by atoms with Crippen molar-refractivity contribution in [3.63, 3.8) is 0 Å². The van der Waals surface area contributed by atoms with Crippen LogP contribution in [0.5, 0.6) is 0 Å². The van der Waals surface area contributed by atoms with Crippen molar-refractivity contribution in [3.8, 4) is 0 Å². The SMILES string of the molecule is CCOC(=O)Cn1c(=NC(=O)c2cnc3ccccc3n2)sc2cc(F)cc(F)c21. The first-order chi connectivity index (χ1) is 14.5. The number of rotatable bonds is 4. The van der Waals surface area contributed by atoms with Gasteiger partial charge in [0.1, 0.15) is 18.1 Å². The van der Waals surface area contributed by atoms with Crippen LogP contribution in [0.4, 0.5) is 8.78 Å². The molecule has 4 aromatic rings. The van der Waals surface area contributed by atoms with Gasteiger partial charge in [0.25, 0.3) is 5.91 Å². The second-order valence-electron chi connectivity index (χ2n) is 6.17. The van der Waals surface area contributed by atoms with Crippen molar-refractivity contribution >= 4 is 44.5 Å². The molecule has 30 heavy (non-hydrogen) atoms. The quantitative estimate of drug-likeness (QED) is 0.466. The molecule has 0 atom stereocenters. The van der Waals surface area contributed by atoms with Gasteiger partial charge in [-0.1, -0.05) is 23.5 Å². The Kier molecular flexibility index (Phi) is 5.32. The zero-order valence-electron chi connectivity index (χ0n) is 15.6. The van der Waals surface area contributed by atoms with Crippen molar-refractivity contribution in [3.05, 3.63) is 64.7 Å². The van der Waals surface area contributed by atoms with E-state index in [0.717, 1.165) is 17.4 Å². The third-order valence-electron chi connectivity index (χ3n) is 4.15. The van der Waals surface area contributed by atoms with Crippen LogP contribution in [0.1, 0.15) is 17.4 Å². The molecule has 10 heteroatoms. The first-order valence-electron chi connectivity index (χ1n) is 8.91. The number of benzene rings is 2. The molecule has 1 amide bonds. The number of ether oxygens (including phenoxy) is 1. The highest BCUT2D eigenvalue weighted by atomic mass is 32.1. The number of amides is 1. The summed E-state index contributed by atoms with van der Waals surface area (Å²) in [5.74, 6) is -3.01. The van der Waals surface area contributed by atoms with E-state index in [4.69, 9.17) is 4.74 Å². The number of nitrogens with zero attached hydrogens (tertiary/aromatic N) is 4. The Morgan fingerprint density at radius 1 is 1.20 bits per heavy atom. The molecule has 0 bridgehead atoms. The molecule has 0 saturated carbocycles. The highest BCUT2D eigenvalue weighted by molar-refractivity contribution is 7.16. The van der Waals surface area contributed by atoms with E-state index >= 15 is 0 Å². The van der Waals surface area contributed by atoms with E-state index in [1.54, 1.807) is 31.2 Å². The lowest BCUT2D eigenvalue weighted by molar-refractivity contribution is -0.143. The van der Waals surface area contributed by atoms with Gasteiger partial charge in [0.05, 0.1) is 34.1 Å². The second kappa shape index (κ2) is 8.07. The van der Waals surface area contributed by atoms with E-state index in [2.05, 4.69) is 15.0 Å². The van der Waals surface area contributed by atoms with Gasteiger partial charge >= 0.3 is 5.97 Å². The lowest BCUT2D eigenvalue weighted by Crippen LogP contribution is -2.23. The van der Waals surface area contributed by atoms with Gasteiger partial charge in [-0.05, 0) is 25.1 Å². The third kappa shape index (κ3) is 3.81. The highest BCUT2D eigenvalue weighted by Gasteiger charge is 2.17. The van der Waals surface area contributed by atoms with Crippen molar-refractivity contribution in [2.45, 2.75) is 13.5 Å².